The van der Waals surface area contributed by atoms with Crippen molar-refractivity contribution in [3.63, 3.8) is 0 Å². The Morgan fingerprint density at radius 2 is 2.00 bits per heavy atom. The van der Waals surface area contributed by atoms with Crippen molar-refractivity contribution in [2.24, 2.45) is 0 Å². The summed E-state index contributed by atoms with van der Waals surface area (Å²) < 4.78 is 25.7. The van der Waals surface area contributed by atoms with E-state index in [1.54, 1.807) is 24.3 Å². The van der Waals surface area contributed by atoms with Crippen LogP contribution in [0.3, 0.4) is 0 Å². The van der Waals surface area contributed by atoms with Gasteiger partial charge >= 0.3 is 0 Å². The zero-order valence-electron chi connectivity index (χ0n) is 15.9. The van der Waals surface area contributed by atoms with Gasteiger partial charge in [-0.15, -0.1) is 0 Å². The van der Waals surface area contributed by atoms with E-state index in [1.807, 2.05) is 0 Å². The summed E-state index contributed by atoms with van der Waals surface area (Å²) in [6.07, 6.45) is 2.20. The third-order valence-electron chi connectivity index (χ3n) is 5.17. The van der Waals surface area contributed by atoms with Crippen molar-refractivity contribution in [2.75, 3.05) is 23.8 Å². The van der Waals surface area contributed by atoms with Gasteiger partial charge < -0.3 is 30.3 Å². The minimum atomic E-state index is -1.08. The molecule has 0 radical (unpaired) electrons. The molecule has 156 valence electrons. The Bertz CT molecular complexity index is 840. The van der Waals surface area contributed by atoms with E-state index in [1.165, 1.54) is 0 Å². The number of rotatable bonds is 0. The molecule has 2 heterocycles. The highest BCUT2D eigenvalue weighted by Crippen LogP contribution is 2.26. The highest BCUT2D eigenvalue weighted by atomic mass is 19.1. The summed E-state index contributed by atoms with van der Waals surface area (Å²) in [6, 6.07) is 7.00. The number of nitrogens with one attached hydrogen (secondary N) is 2. The lowest BCUT2D eigenvalue weighted by Gasteiger charge is -2.31. The number of aliphatic hydroxyl groups excluding tert-OH is 2. The molecule has 2 aliphatic rings. The van der Waals surface area contributed by atoms with Crippen LogP contribution < -0.4 is 15.4 Å². The maximum Gasteiger partial charge on any atom is 0.229 e. The Morgan fingerprint density at radius 3 is 2.90 bits per heavy atom. The average Bonchev–Trinajstić information content (AvgIpc) is 2.73. The van der Waals surface area contributed by atoms with Gasteiger partial charge in [0.1, 0.15) is 24.6 Å². The van der Waals surface area contributed by atoms with Crippen molar-refractivity contribution in [3.05, 3.63) is 36.3 Å². The molecule has 0 spiro atoms. The van der Waals surface area contributed by atoms with Gasteiger partial charge in [-0.1, -0.05) is 6.07 Å². The fourth-order valence-electron chi connectivity index (χ4n) is 3.58. The second-order valence-corrected chi connectivity index (χ2v) is 7.45. The van der Waals surface area contributed by atoms with Crippen LogP contribution in [0.1, 0.15) is 25.7 Å². The predicted molar refractivity (Wildman–Crippen MR) is 105 cm³/mol. The number of fused-ring (bicyclic) bond motifs is 6. The first-order valence-corrected chi connectivity index (χ1v) is 9.83. The molecule has 1 saturated carbocycles. The third kappa shape index (κ3) is 5.11. The quantitative estimate of drug-likeness (QED) is 0.529. The van der Waals surface area contributed by atoms with Crippen molar-refractivity contribution in [1.82, 2.24) is 9.97 Å². The summed E-state index contributed by atoms with van der Waals surface area (Å²) in [5.41, 5.74) is 0.653. The van der Waals surface area contributed by atoms with Crippen molar-refractivity contribution in [1.29, 1.82) is 0 Å². The number of benzene rings is 1. The van der Waals surface area contributed by atoms with Crippen molar-refractivity contribution in [3.8, 4) is 5.75 Å². The third-order valence-corrected chi connectivity index (χ3v) is 5.17. The van der Waals surface area contributed by atoms with Gasteiger partial charge in [-0.25, -0.2) is 9.37 Å². The number of ether oxygens (including phenoxy) is 2. The minimum absolute atomic E-state index is 0.00425. The molecule has 0 saturated heterocycles. The monoisotopic (exact) mass is 404 g/mol. The summed E-state index contributed by atoms with van der Waals surface area (Å²) in [5.74, 6) is 0.379. The molecule has 1 aliphatic carbocycles. The molecule has 6 bridgehead atoms. The Kier molecular flexibility index (Phi) is 6.08. The molecular formula is C20H25FN4O4. The second kappa shape index (κ2) is 8.89. The number of halogens is 1. The molecule has 4 atom stereocenters. The lowest BCUT2D eigenvalue weighted by atomic mass is 9.92. The Hall–Kier alpha value is -2.49. The molecule has 0 amide bonds. The van der Waals surface area contributed by atoms with Crippen LogP contribution in [0.2, 0.25) is 0 Å². The molecular weight excluding hydrogens is 379 g/mol. The highest BCUT2D eigenvalue weighted by molar-refractivity contribution is 5.57. The van der Waals surface area contributed by atoms with E-state index in [4.69, 9.17) is 9.47 Å². The standard InChI is InChI=1S/C20H25FN4O4/c21-16-9-22-20-24-13-4-2-6-15(8-13)29-11-18(27)17(26)10-28-14-5-1-3-12(7-14)23-19(16)25-20/h2,4,6,8-9,12,14,17-18,26-27H,1,3,5,7,10-11H2,(H2,22,23,24,25)/t12?,14?,17-,18+/m0/s1. The number of aromatic nitrogens is 2. The van der Waals surface area contributed by atoms with Crippen molar-refractivity contribution >= 4 is 17.5 Å². The maximum absolute atomic E-state index is 14.3. The van der Waals surface area contributed by atoms with E-state index >= 15 is 0 Å². The van der Waals surface area contributed by atoms with Crippen LogP contribution in [0, 0.1) is 5.82 Å². The molecule has 2 unspecified atom stereocenters. The molecule has 8 nitrogen and oxygen atoms in total. The van der Waals surface area contributed by atoms with Crippen LogP contribution >= 0.6 is 0 Å². The first-order valence-electron chi connectivity index (χ1n) is 9.83. The van der Waals surface area contributed by atoms with Gasteiger partial charge in [0.2, 0.25) is 5.95 Å². The molecule has 1 aliphatic heterocycles. The SMILES string of the molecule is O[C@@H]1COc2cccc(c2)Nc2ncc(F)c(n2)NC2CCCC(C2)OC[C@@H]1O. The maximum atomic E-state index is 14.3. The lowest BCUT2D eigenvalue weighted by molar-refractivity contribution is -0.0783. The Morgan fingerprint density at radius 1 is 1.14 bits per heavy atom. The van der Waals surface area contributed by atoms with Gasteiger partial charge in [0.05, 0.1) is 18.9 Å². The number of hydrogen-bond donors (Lipinski definition) is 4. The van der Waals surface area contributed by atoms with Gasteiger partial charge in [0.15, 0.2) is 11.6 Å². The minimum Gasteiger partial charge on any atom is -0.491 e. The summed E-state index contributed by atoms with van der Waals surface area (Å²) in [4.78, 5) is 8.28. The van der Waals surface area contributed by atoms with E-state index in [0.29, 0.717) is 17.9 Å². The van der Waals surface area contributed by atoms with Crippen LogP contribution in [-0.4, -0.2) is 57.7 Å². The van der Waals surface area contributed by atoms with E-state index in [0.717, 1.165) is 25.5 Å². The highest BCUT2D eigenvalue weighted by Gasteiger charge is 2.26. The fourth-order valence-corrected chi connectivity index (χ4v) is 3.58. The van der Waals surface area contributed by atoms with Crippen LogP contribution in [0.15, 0.2) is 30.5 Å². The summed E-state index contributed by atoms with van der Waals surface area (Å²) in [7, 11) is 0. The average molecular weight is 404 g/mol. The molecule has 1 aromatic carbocycles. The Labute approximate surface area is 168 Å². The van der Waals surface area contributed by atoms with Crippen LogP contribution in [-0.2, 0) is 4.74 Å². The van der Waals surface area contributed by atoms with E-state index < -0.39 is 18.0 Å². The molecule has 4 N–H and O–H groups in total. The van der Waals surface area contributed by atoms with E-state index in [-0.39, 0.29) is 37.1 Å². The Balaban J connectivity index is 1.60. The smallest absolute Gasteiger partial charge is 0.229 e. The molecule has 1 fully saturated rings. The summed E-state index contributed by atoms with van der Waals surface area (Å²) in [6.45, 7) is -0.0600. The number of anilines is 3. The first kappa shape index (κ1) is 19.8. The van der Waals surface area contributed by atoms with Gasteiger partial charge in [-0.2, -0.15) is 4.98 Å². The van der Waals surface area contributed by atoms with Gasteiger partial charge in [-0.05, 0) is 37.8 Å². The van der Waals surface area contributed by atoms with Crippen molar-refractivity contribution < 1.29 is 24.1 Å². The van der Waals surface area contributed by atoms with Gasteiger partial charge in [0, 0.05) is 17.8 Å². The van der Waals surface area contributed by atoms with Crippen LogP contribution in [0.4, 0.5) is 21.8 Å². The van der Waals surface area contributed by atoms with Gasteiger partial charge in [-0.3, -0.25) is 0 Å². The molecule has 9 heteroatoms. The summed E-state index contributed by atoms with van der Waals surface area (Å²) >= 11 is 0. The van der Waals surface area contributed by atoms with Crippen LogP contribution in [0.25, 0.3) is 0 Å². The normalized spacial score (nSPS) is 27.7. The number of nitrogens with zero attached hydrogens (tertiary/aromatic N) is 2. The molecule has 4 rings (SSSR count). The predicted octanol–water partition coefficient (Wildman–Crippen LogP) is 2.21. The molecule has 29 heavy (non-hydrogen) atoms. The topological polar surface area (TPSA) is 109 Å². The van der Waals surface area contributed by atoms with E-state index in [2.05, 4.69) is 20.6 Å². The molecule has 1 aromatic heterocycles. The first-order chi connectivity index (χ1) is 14.1. The van der Waals surface area contributed by atoms with Crippen LogP contribution in [0.5, 0.6) is 5.75 Å². The molecule has 2 aromatic rings. The largest absolute Gasteiger partial charge is 0.491 e. The number of hydrogen-bond acceptors (Lipinski definition) is 8. The van der Waals surface area contributed by atoms with E-state index in [9.17, 15) is 14.6 Å². The number of aliphatic hydroxyl groups is 2. The fraction of sp³-hybridized carbons (Fsp3) is 0.500. The van der Waals surface area contributed by atoms with Crippen molar-refractivity contribution in [2.45, 2.75) is 50.0 Å². The zero-order chi connectivity index (χ0) is 20.2. The summed E-state index contributed by atoms with van der Waals surface area (Å²) in [5, 5.41) is 26.6. The zero-order valence-corrected chi connectivity index (χ0v) is 15.9. The van der Waals surface area contributed by atoms with Gasteiger partial charge in [0.25, 0.3) is 0 Å². The second-order valence-electron chi connectivity index (χ2n) is 7.45. The lowest BCUT2D eigenvalue weighted by Crippen LogP contribution is -2.38.